The first-order valence-electron chi connectivity index (χ1n) is 5.52. The van der Waals surface area contributed by atoms with Crippen molar-refractivity contribution in [3.05, 3.63) is 29.3 Å². The molecule has 0 radical (unpaired) electrons. The number of carbonyl (C=O) groups excluding carboxylic acids is 1. The van der Waals surface area contributed by atoms with Crippen molar-refractivity contribution in [2.24, 2.45) is 5.41 Å². The van der Waals surface area contributed by atoms with Crippen molar-refractivity contribution in [1.82, 2.24) is 0 Å². The van der Waals surface area contributed by atoms with Gasteiger partial charge in [-0.05, 0) is 37.6 Å². The topological polar surface area (TPSA) is 26.3 Å². The van der Waals surface area contributed by atoms with Crippen LogP contribution in [0, 0.1) is 5.41 Å². The van der Waals surface area contributed by atoms with Gasteiger partial charge < -0.3 is 4.74 Å². The molecular weight excluding hydrogens is 224 g/mol. The molecule has 0 N–H and O–H groups in total. The predicted molar refractivity (Wildman–Crippen MR) is 63.9 cm³/mol. The summed E-state index contributed by atoms with van der Waals surface area (Å²) in [6.45, 7) is 3.99. The van der Waals surface area contributed by atoms with Gasteiger partial charge >= 0.3 is 0 Å². The van der Waals surface area contributed by atoms with Crippen LogP contribution < -0.4 is 4.74 Å². The summed E-state index contributed by atoms with van der Waals surface area (Å²) in [5, 5.41) is 0.690. The summed E-state index contributed by atoms with van der Waals surface area (Å²) < 4.78 is 5.80. The van der Waals surface area contributed by atoms with Crippen molar-refractivity contribution in [2.75, 3.05) is 0 Å². The van der Waals surface area contributed by atoms with E-state index in [-0.39, 0.29) is 11.5 Å². The van der Waals surface area contributed by atoms with Crippen molar-refractivity contribution in [3.8, 4) is 5.75 Å². The van der Waals surface area contributed by atoms with E-state index in [2.05, 4.69) is 0 Å². The van der Waals surface area contributed by atoms with E-state index in [1.807, 2.05) is 26.0 Å². The third-order valence-corrected chi connectivity index (χ3v) is 3.80. The van der Waals surface area contributed by atoms with Gasteiger partial charge in [-0.2, -0.15) is 0 Å². The molecule has 3 heteroatoms. The van der Waals surface area contributed by atoms with Gasteiger partial charge in [0, 0.05) is 11.4 Å². The predicted octanol–water partition coefficient (Wildman–Crippen LogP) is 3.48. The lowest BCUT2D eigenvalue weighted by Gasteiger charge is -2.44. The van der Waals surface area contributed by atoms with E-state index < -0.39 is 0 Å². The molecule has 0 aromatic heterocycles. The molecule has 0 heterocycles. The quantitative estimate of drug-likeness (QED) is 0.806. The number of ketones is 1. The molecule has 0 bridgehead atoms. The van der Waals surface area contributed by atoms with E-state index in [1.54, 1.807) is 12.1 Å². The summed E-state index contributed by atoms with van der Waals surface area (Å²) in [7, 11) is 0. The number of hydrogen-bond donors (Lipinski definition) is 0. The van der Waals surface area contributed by atoms with Gasteiger partial charge in [-0.1, -0.05) is 18.5 Å². The summed E-state index contributed by atoms with van der Waals surface area (Å²) in [6, 6.07) is 7.25. The average molecular weight is 239 g/mol. The highest BCUT2D eigenvalue weighted by molar-refractivity contribution is 6.30. The Morgan fingerprint density at radius 1 is 1.44 bits per heavy atom. The van der Waals surface area contributed by atoms with E-state index >= 15 is 0 Å². The molecule has 1 saturated carbocycles. The first-order valence-corrected chi connectivity index (χ1v) is 5.89. The number of rotatable bonds is 3. The Labute approximate surface area is 101 Å². The van der Waals surface area contributed by atoms with Gasteiger partial charge in [0.25, 0.3) is 0 Å². The zero-order valence-electron chi connectivity index (χ0n) is 9.50. The molecule has 2 atom stereocenters. The van der Waals surface area contributed by atoms with E-state index in [9.17, 15) is 4.79 Å². The van der Waals surface area contributed by atoms with Gasteiger partial charge in [0.15, 0.2) is 0 Å². The van der Waals surface area contributed by atoms with Gasteiger partial charge in [-0.25, -0.2) is 0 Å². The summed E-state index contributed by atoms with van der Waals surface area (Å²) in [4.78, 5) is 11.5. The number of Topliss-reactive ketones (excluding diaryl/α,β-unsaturated/α-hetero) is 1. The third-order valence-electron chi connectivity index (χ3n) is 3.54. The minimum absolute atomic E-state index is 0.00572. The highest BCUT2D eigenvalue weighted by atomic mass is 35.5. The van der Waals surface area contributed by atoms with E-state index in [0.29, 0.717) is 17.2 Å². The Hall–Kier alpha value is -1.02. The fourth-order valence-electron chi connectivity index (χ4n) is 1.95. The molecule has 1 aromatic rings. The Balaban J connectivity index is 2.06. The molecule has 86 valence electrons. The van der Waals surface area contributed by atoms with Gasteiger partial charge in [-0.3, -0.25) is 4.79 Å². The van der Waals surface area contributed by atoms with Crippen LogP contribution in [0.1, 0.15) is 26.7 Å². The lowest BCUT2D eigenvalue weighted by atomic mass is 9.64. The van der Waals surface area contributed by atoms with Crippen LogP contribution >= 0.6 is 11.6 Å². The molecule has 0 spiro atoms. The molecule has 1 aliphatic carbocycles. The maximum absolute atomic E-state index is 11.5. The van der Waals surface area contributed by atoms with Crippen LogP contribution in [0.15, 0.2) is 24.3 Å². The molecule has 2 rings (SSSR count). The van der Waals surface area contributed by atoms with Crippen LogP contribution in [-0.2, 0) is 4.79 Å². The number of hydrogen-bond acceptors (Lipinski definition) is 2. The molecule has 16 heavy (non-hydrogen) atoms. The molecule has 0 aliphatic heterocycles. The van der Waals surface area contributed by atoms with Crippen molar-refractivity contribution in [3.63, 3.8) is 0 Å². The van der Waals surface area contributed by atoms with E-state index in [1.165, 1.54) is 0 Å². The molecule has 1 aromatic carbocycles. The number of halogens is 1. The number of ether oxygens (including phenoxy) is 1. The second kappa shape index (κ2) is 4.10. The Bertz CT molecular complexity index is 399. The van der Waals surface area contributed by atoms with Crippen LogP contribution in [0.25, 0.3) is 0 Å². The van der Waals surface area contributed by atoms with Gasteiger partial charge in [0.05, 0.1) is 5.41 Å². The normalized spacial score (nSPS) is 28.7. The standard InChI is InChI=1S/C13H15ClO2/c1-3-13(2)11(15)8-12(13)16-10-6-4-9(14)5-7-10/h4-7,12H,3,8H2,1-2H3. The summed E-state index contributed by atoms with van der Waals surface area (Å²) in [5.74, 6) is 1.08. The average Bonchev–Trinajstić information content (AvgIpc) is 2.30. The fraction of sp³-hybridized carbons (Fsp3) is 0.462. The van der Waals surface area contributed by atoms with Crippen LogP contribution in [-0.4, -0.2) is 11.9 Å². The van der Waals surface area contributed by atoms with E-state index in [4.69, 9.17) is 16.3 Å². The van der Waals surface area contributed by atoms with Gasteiger partial charge in [-0.15, -0.1) is 0 Å². The summed E-state index contributed by atoms with van der Waals surface area (Å²) >= 11 is 5.79. The second-order valence-electron chi connectivity index (χ2n) is 4.46. The highest BCUT2D eigenvalue weighted by Gasteiger charge is 2.51. The maximum atomic E-state index is 11.5. The Kier molecular flexibility index (Phi) is 2.94. The fourth-order valence-corrected chi connectivity index (χ4v) is 2.08. The van der Waals surface area contributed by atoms with Gasteiger partial charge in [0.2, 0.25) is 0 Å². The van der Waals surface area contributed by atoms with Crippen molar-refractivity contribution < 1.29 is 9.53 Å². The van der Waals surface area contributed by atoms with E-state index in [0.717, 1.165) is 12.2 Å². The molecule has 0 saturated heterocycles. The molecule has 2 nitrogen and oxygen atoms in total. The third kappa shape index (κ3) is 1.82. The minimum Gasteiger partial charge on any atom is -0.489 e. The summed E-state index contributed by atoms with van der Waals surface area (Å²) in [5.41, 5.74) is -0.306. The molecule has 1 aliphatic rings. The molecule has 1 fully saturated rings. The zero-order valence-corrected chi connectivity index (χ0v) is 10.3. The number of carbonyl (C=O) groups is 1. The molecular formula is C13H15ClO2. The zero-order chi connectivity index (χ0) is 11.8. The maximum Gasteiger partial charge on any atom is 0.146 e. The Morgan fingerprint density at radius 3 is 2.56 bits per heavy atom. The minimum atomic E-state index is -0.306. The summed E-state index contributed by atoms with van der Waals surface area (Å²) in [6.07, 6.45) is 1.35. The second-order valence-corrected chi connectivity index (χ2v) is 4.90. The first-order chi connectivity index (χ1) is 7.56. The monoisotopic (exact) mass is 238 g/mol. The molecule has 2 unspecified atom stereocenters. The van der Waals surface area contributed by atoms with Gasteiger partial charge in [0.1, 0.15) is 17.6 Å². The van der Waals surface area contributed by atoms with Crippen molar-refractivity contribution in [1.29, 1.82) is 0 Å². The van der Waals surface area contributed by atoms with Crippen LogP contribution in [0.4, 0.5) is 0 Å². The highest BCUT2D eigenvalue weighted by Crippen LogP contribution is 2.42. The van der Waals surface area contributed by atoms with Crippen molar-refractivity contribution >= 4 is 17.4 Å². The van der Waals surface area contributed by atoms with Crippen molar-refractivity contribution in [2.45, 2.75) is 32.8 Å². The largest absolute Gasteiger partial charge is 0.489 e. The molecule has 0 amide bonds. The van der Waals surface area contributed by atoms with Crippen LogP contribution in [0.5, 0.6) is 5.75 Å². The Morgan fingerprint density at radius 2 is 2.06 bits per heavy atom. The lowest BCUT2D eigenvalue weighted by molar-refractivity contribution is -0.150. The van der Waals surface area contributed by atoms with Crippen LogP contribution in [0.2, 0.25) is 5.02 Å². The number of benzene rings is 1. The SMILES string of the molecule is CCC1(C)C(=O)CC1Oc1ccc(Cl)cc1. The lowest BCUT2D eigenvalue weighted by Crippen LogP contribution is -2.54. The smallest absolute Gasteiger partial charge is 0.146 e. The first kappa shape index (κ1) is 11.5. The van der Waals surface area contributed by atoms with Crippen LogP contribution in [0.3, 0.4) is 0 Å².